The van der Waals surface area contributed by atoms with E-state index < -0.39 is 0 Å². The van der Waals surface area contributed by atoms with Crippen LogP contribution in [0.2, 0.25) is 0 Å². The van der Waals surface area contributed by atoms with Crippen molar-refractivity contribution in [2.24, 2.45) is 0 Å². The largest absolute Gasteiger partial charge is 0.310 e. The number of hydrogen-bond acceptors (Lipinski definition) is 2. The molecule has 0 bridgehead atoms. The number of para-hydroxylation sites is 1. The quantitative estimate of drug-likeness (QED) is 0.177. The van der Waals surface area contributed by atoms with Crippen molar-refractivity contribution in [3.8, 4) is 33.4 Å². The first kappa shape index (κ1) is 28.3. The van der Waals surface area contributed by atoms with Crippen LogP contribution in [0.1, 0.15) is 0 Å². The molecule has 0 fully saturated rings. The Morgan fingerprint density at radius 2 is 0.896 bits per heavy atom. The minimum atomic E-state index is 1.12. The van der Waals surface area contributed by atoms with Crippen molar-refractivity contribution < 1.29 is 0 Å². The second kappa shape index (κ2) is 12.0. The summed E-state index contributed by atoms with van der Waals surface area (Å²) in [7, 11) is 0. The number of rotatable bonds is 6. The van der Waals surface area contributed by atoms with Gasteiger partial charge in [0.25, 0.3) is 0 Å². The molecular weight excluding hydrogens is 599 g/mol. The van der Waals surface area contributed by atoms with Crippen LogP contribution < -0.4 is 4.90 Å². The molecule has 2 heteroatoms. The predicted molar refractivity (Wildman–Crippen MR) is 208 cm³/mol. The third-order valence-corrected chi connectivity index (χ3v) is 10.4. The van der Waals surface area contributed by atoms with Crippen molar-refractivity contribution in [2.75, 3.05) is 4.90 Å². The van der Waals surface area contributed by atoms with E-state index in [0.29, 0.717) is 0 Å². The van der Waals surface area contributed by atoms with Gasteiger partial charge in [-0.15, -0.1) is 11.3 Å². The summed E-state index contributed by atoms with van der Waals surface area (Å²) in [5, 5.41) is 5.19. The Bertz CT molecular complexity index is 2560. The molecule has 1 heterocycles. The molecule has 0 unspecified atom stereocenters. The zero-order valence-corrected chi connectivity index (χ0v) is 27.1. The summed E-state index contributed by atoms with van der Waals surface area (Å²) in [6, 6.07) is 68.1. The van der Waals surface area contributed by atoms with E-state index in [0.717, 1.165) is 17.1 Å². The van der Waals surface area contributed by atoms with Gasteiger partial charge < -0.3 is 4.90 Å². The van der Waals surface area contributed by atoms with Crippen molar-refractivity contribution in [3.63, 3.8) is 0 Å². The topological polar surface area (TPSA) is 3.24 Å². The van der Waals surface area contributed by atoms with Crippen LogP contribution in [0.5, 0.6) is 0 Å². The van der Waals surface area contributed by atoms with E-state index in [2.05, 4.69) is 193 Å². The van der Waals surface area contributed by atoms with Gasteiger partial charge in [-0.3, -0.25) is 0 Å². The number of thiophene rings is 1. The van der Waals surface area contributed by atoms with E-state index >= 15 is 0 Å². The van der Waals surface area contributed by atoms with Crippen LogP contribution >= 0.6 is 11.3 Å². The zero-order chi connectivity index (χ0) is 31.9. The maximum absolute atomic E-state index is 2.34. The molecule has 0 atom stereocenters. The molecule has 0 amide bonds. The van der Waals surface area contributed by atoms with Crippen molar-refractivity contribution >= 4 is 59.3 Å². The first-order valence-electron chi connectivity index (χ1n) is 16.3. The normalized spacial score (nSPS) is 11.3. The summed E-state index contributed by atoms with van der Waals surface area (Å²) < 4.78 is 2.66. The molecule has 9 aromatic rings. The van der Waals surface area contributed by atoms with E-state index in [4.69, 9.17) is 0 Å². The van der Waals surface area contributed by atoms with Crippen molar-refractivity contribution in [3.05, 3.63) is 188 Å². The molecule has 0 N–H and O–H groups in total. The van der Waals surface area contributed by atoms with Crippen molar-refractivity contribution in [1.29, 1.82) is 0 Å². The average Bonchev–Trinajstić information content (AvgIpc) is 3.54. The summed E-state index contributed by atoms with van der Waals surface area (Å²) in [6.45, 7) is 0. The zero-order valence-electron chi connectivity index (χ0n) is 26.3. The second-order valence-electron chi connectivity index (χ2n) is 12.2. The summed E-state index contributed by atoms with van der Waals surface area (Å²) in [6.07, 6.45) is 0. The molecule has 8 aromatic carbocycles. The first-order valence-corrected chi connectivity index (χ1v) is 17.2. The van der Waals surface area contributed by atoms with Crippen LogP contribution in [0.3, 0.4) is 0 Å². The molecule has 0 aliphatic carbocycles. The maximum Gasteiger partial charge on any atom is 0.0467 e. The van der Waals surface area contributed by atoms with E-state index in [9.17, 15) is 0 Å². The SMILES string of the molecule is c1ccc(N(c2ccc(-c3ccc4c(c3)sc3ccccc34)cc2)c2cccc(-c3cccc(-c4cccc5ccccc45)c3)c2)cc1. The van der Waals surface area contributed by atoms with Gasteiger partial charge in [-0.25, -0.2) is 0 Å². The fraction of sp³-hybridized carbons (Fsp3) is 0. The number of benzene rings is 8. The van der Waals surface area contributed by atoms with Gasteiger partial charge in [0.05, 0.1) is 0 Å². The molecule has 0 spiro atoms. The highest BCUT2D eigenvalue weighted by atomic mass is 32.1. The standard InChI is InChI=1S/C46H31NS/c1-2-16-38(17-3-1)47(39-26-23-32(24-27-39)36-25-28-44-43-20-6-7-22-45(43)48-46(44)31-36)40-18-9-14-35(30-40)34-13-8-15-37(29-34)42-21-10-12-33-11-4-5-19-41(33)42/h1-31H. The first-order chi connectivity index (χ1) is 23.8. The maximum atomic E-state index is 2.34. The highest BCUT2D eigenvalue weighted by molar-refractivity contribution is 7.25. The summed E-state index contributed by atoms with van der Waals surface area (Å²) >= 11 is 1.86. The molecule has 1 aromatic heterocycles. The van der Waals surface area contributed by atoms with Crippen molar-refractivity contribution in [1.82, 2.24) is 0 Å². The van der Waals surface area contributed by atoms with Gasteiger partial charge in [-0.05, 0) is 98.8 Å². The van der Waals surface area contributed by atoms with Gasteiger partial charge in [0.1, 0.15) is 0 Å². The summed E-state index contributed by atoms with van der Waals surface area (Å²) in [4.78, 5) is 2.34. The average molecular weight is 630 g/mol. The Balaban J connectivity index is 1.08. The Hall–Kier alpha value is -5.96. The molecule has 0 saturated heterocycles. The molecule has 0 radical (unpaired) electrons. The van der Waals surface area contributed by atoms with E-state index in [1.165, 1.54) is 64.3 Å². The number of hydrogen-bond donors (Lipinski definition) is 0. The lowest BCUT2D eigenvalue weighted by molar-refractivity contribution is 1.28. The van der Waals surface area contributed by atoms with Gasteiger partial charge in [0, 0.05) is 37.2 Å². The highest BCUT2D eigenvalue weighted by Crippen LogP contribution is 2.40. The fourth-order valence-electron chi connectivity index (χ4n) is 6.90. The van der Waals surface area contributed by atoms with Crippen LogP contribution in [0.4, 0.5) is 17.1 Å². The van der Waals surface area contributed by atoms with E-state index in [1.54, 1.807) is 0 Å². The van der Waals surface area contributed by atoms with Gasteiger partial charge in [-0.1, -0.05) is 133 Å². The Morgan fingerprint density at radius 3 is 1.77 bits per heavy atom. The lowest BCUT2D eigenvalue weighted by Crippen LogP contribution is -2.09. The van der Waals surface area contributed by atoms with Gasteiger partial charge in [0.15, 0.2) is 0 Å². The minimum Gasteiger partial charge on any atom is -0.310 e. The Morgan fingerprint density at radius 1 is 0.312 bits per heavy atom. The number of nitrogens with zero attached hydrogens (tertiary/aromatic N) is 1. The minimum absolute atomic E-state index is 1.12. The van der Waals surface area contributed by atoms with Crippen molar-refractivity contribution in [2.45, 2.75) is 0 Å². The molecular formula is C46H31NS. The van der Waals surface area contributed by atoms with Gasteiger partial charge >= 0.3 is 0 Å². The molecule has 1 nitrogen and oxygen atoms in total. The molecule has 48 heavy (non-hydrogen) atoms. The summed E-state index contributed by atoms with van der Waals surface area (Å²) in [5.74, 6) is 0. The number of fused-ring (bicyclic) bond motifs is 4. The molecule has 0 aliphatic heterocycles. The molecule has 0 saturated carbocycles. The highest BCUT2D eigenvalue weighted by Gasteiger charge is 2.15. The van der Waals surface area contributed by atoms with Gasteiger partial charge in [0.2, 0.25) is 0 Å². The van der Waals surface area contributed by atoms with Gasteiger partial charge in [-0.2, -0.15) is 0 Å². The van der Waals surface area contributed by atoms with Crippen LogP contribution in [0.25, 0.3) is 64.3 Å². The smallest absolute Gasteiger partial charge is 0.0467 e. The lowest BCUT2D eigenvalue weighted by Gasteiger charge is -2.26. The molecule has 226 valence electrons. The van der Waals surface area contributed by atoms with Crippen LogP contribution in [-0.2, 0) is 0 Å². The third-order valence-electron chi connectivity index (χ3n) is 9.25. The van der Waals surface area contributed by atoms with E-state index in [-0.39, 0.29) is 0 Å². The third kappa shape index (κ3) is 5.13. The van der Waals surface area contributed by atoms with Crippen LogP contribution in [0, 0.1) is 0 Å². The monoisotopic (exact) mass is 629 g/mol. The van der Waals surface area contributed by atoms with Crippen LogP contribution in [0.15, 0.2) is 188 Å². The molecule has 0 aliphatic rings. The number of anilines is 3. The predicted octanol–water partition coefficient (Wildman–Crippen LogP) is 13.7. The lowest BCUT2D eigenvalue weighted by atomic mass is 9.95. The van der Waals surface area contributed by atoms with Crippen LogP contribution in [-0.4, -0.2) is 0 Å². The fourth-order valence-corrected chi connectivity index (χ4v) is 8.05. The Labute approximate surface area is 284 Å². The second-order valence-corrected chi connectivity index (χ2v) is 13.3. The summed E-state index contributed by atoms with van der Waals surface area (Å²) in [5.41, 5.74) is 10.7. The molecule has 9 rings (SSSR count). The van der Waals surface area contributed by atoms with E-state index in [1.807, 2.05) is 11.3 Å². The Kier molecular flexibility index (Phi) is 7.07.